The van der Waals surface area contributed by atoms with E-state index in [-0.39, 0.29) is 18.3 Å². The van der Waals surface area contributed by atoms with Gasteiger partial charge in [0.2, 0.25) is 0 Å². The van der Waals surface area contributed by atoms with E-state index in [2.05, 4.69) is 0 Å². The molecule has 0 radical (unpaired) electrons. The second-order valence-corrected chi connectivity index (χ2v) is 4.00. The van der Waals surface area contributed by atoms with Crippen LogP contribution in [0.15, 0.2) is 24.3 Å². The fraction of sp³-hybridized carbons (Fsp3) is 0.500. The summed E-state index contributed by atoms with van der Waals surface area (Å²) in [6.45, 7) is 0.0611. The third-order valence-corrected chi connectivity index (χ3v) is 3.22. The lowest BCUT2D eigenvalue weighted by atomic mass is 9.73. The second-order valence-electron chi connectivity index (χ2n) is 4.00. The van der Waals surface area contributed by atoms with Crippen molar-refractivity contribution in [2.45, 2.75) is 25.2 Å². The Morgan fingerprint density at radius 3 is 2.57 bits per heavy atom. The predicted octanol–water partition coefficient (Wildman–Crippen LogP) is 2.70. The first-order valence-electron chi connectivity index (χ1n) is 5.18. The normalized spacial score (nSPS) is 19.0. The molecule has 0 bridgehead atoms. The minimum absolute atomic E-state index is 0.00458. The molecule has 1 N–H and O–H groups in total. The van der Waals surface area contributed by atoms with Gasteiger partial charge in [-0.15, -0.1) is 0 Å². The summed E-state index contributed by atoms with van der Waals surface area (Å²) in [7, 11) is 0. The summed E-state index contributed by atoms with van der Waals surface area (Å²) < 4.78 is 13.4. The molecule has 0 aromatic heterocycles. The Bertz CT molecular complexity index is 307. The molecule has 1 saturated carbocycles. The second kappa shape index (κ2) is 4.09. The lowest BCUT2D eigenvalue weighted by Crippen LogP contribution is -2.23. The van der Waals surface area contributed by atoms with Crippen molar-refractivity contribution in [1.82, 2.24) is 0 Å². The average Bonchev–Trinajstić information content (AvgIpc) is 2.12. The van der Waals surface area contributed by atoms with Crippen LogP contribution in [-0.2, 0) is 0 Å². The van der Waals surface area contributed by atoms with Crippen molar-refractivity contribution in [3.63, 3.8) is 0 Å². The van der Waals surface area contributed by atoms with Crippen molar-refractivity contribution in [3.8, 4) is 0 Å². The first-order valence-corrected chi connectivity index (χ1v) is 5.18. The van der Waals surface area contributed by atoms with Gasteiger partial charge >= 0.3 is 0 Å². The lowest BCUT2D eigenvalue weighted by Gasteiger charge is -2.33. The van der Waals surface area contributed by atoms with Gasteiger partial charge in [0.05, 0.1) is 6.61 Å². The Balaban J connectivity index is 2.22. The van der Waals surface area contributed by atoms with E-state index in [0.29, 0.717) is 11.5 Å². The quantitative estimate of drug-likeness (QED) is 0.784. The summed E-state index contributed by atoms with van der Waals surface area (Å²) in [6, 6.07) is 6.78. The van der Waals surface area contributed by atoms with E-state index >= 15 is 0 Å². The molecule has 1 unspecified atom stereocenters. The van der Waals surface area contributed by atoms with Gasteiger partial charge in [0.1, 0.15) is 5.82 Å². The molecule has 0 aliphatic heterocycles. The topological polar surface area (TPSA) is 20.2 Å². The van der Waals surface area contributed by atoms with Gasteiger partial charge in [0.15, 0.2) is 0 Å². The summed E-state index contributed by atoms with van der Waals surface area (Å²) in [4.78, 5) is 0. The van der Waals surface area contributed by atoms with Crippen molar-refractivity contribution in [3.05, 3.63) is 35.6 Å². The third-order valence-electron chi connectivity index (χ3n) is 3.22. The van der Waals surface area contributed by atoms with E-state index < -0.39 is 0 Å². The fourth-order valence-electron chi connectivity index (χ4n) is 2.12. The number of aliphatic hydroxyl groups is 1. The van der Waals surface area contributed by atoms with Crippen LogP contribution in [0.5, 0.6) is 0 Å². The van der Waals surface area contributed by atoms with Gasteiger partial charge < -0.3 is 5.11 Å². The molecule has 1 aliphatic carbocycles. The summed E-state index contributed by atoms with van der Waals surface area (Å²) in [6.07, 6.45) is 3.47. The molecule has 1 aliphatic rings. The summed E-state index contributed by atoms with van der Waals surface area (Å²) in [5, 5.41) is 9.27. The molecule has 0 heterocycles. The first-order chi connectivity index (χ1) is 6.83. The average molecular weight is 194 g/mol. The minimum Gasteiger partial charge on any atom is -0.396 e. The molecule has 0 saturated heterocycles. The number of hydrogen-bond acceptors (Lipinski definition) is 1. The Hall–Kier alpha value is -0.890. The Morgan fingerprint density at radius 1 is 1.36 bits per heavy atom. The van der Waals surface area contributed by atoms with Gasteiger partial charge in [0, 0.05) is 5.92 Å². The van der Waals surface area contributed by atoms with Gasteiger partial charge in [-0.3, -0.25) is 0 Å². The molecule has 2 rings (SSSR count). The molecular weight excluding hydrogens is 179 g/mol. The highest BCUT2D eigenvalue weighted by molar-refractivity contribution is 5.23. The Morgan fingerprint density at radius 2 is 2.07 bits per heavy atom. The standard InChI is InChI=1S/C12H15FO/c13-12-7-2-1-6-10(12)11(8-14)9-4-3-5-9/h1-2,6-7,9,11,14H,3-5,8H2. The molecule has 1 aromatic carbocycles. The van der Waals surface area contributed by atoms with Crippen LogP contribution in [0.3, 0.4) is 0 Å². The molecule has 0 amide bonds. The van der Waals surface area contributed by atoms with Gasteiger partial charge in [-0.1, -0.05) is 24.6 Å². The number of aliphatic hydroxyl groups excluding tert-OH is 1. The third kappa shape index (κ3) is 1.67. The van der Waals surface area contributed by atoms with Crippen LogP contribution in [0.1, 0.15) is 30.7 Å². The van der Waals surface area contributed by atoms with Crippen molar-refractivity contribution < 1.29 is 9.50 Å². The number of rotatable bonds is 3. The maximum absolute atomic E-state index is 13.4. The van der Waals surface area contributed by atoms with Crippen LogP contribution in [-0.4, -0.2) is 11.7 Å². The van der Waals surface area contributed by atoms with Crippen LogP contribution < -0.4 is 0 Å². The number of halogens is 1. The van der Waals surface area contributed by atoms with Gasteiger partial charge in [-0.25, -0.2) is 4.39 Å². The lowest BCUT2D eigenvalue weighted by molar-refractivity contribution is 0.170. The zero-order valence-electron chi connectivity index (χ0n) is 8.12. The monoisotopic (exact) mass is 194 g/mol. The van der Waals surface area contributed by atoms with Crippen molar-refractivity contribution in [2.24, 2.45) is 5.92 Å². The predicted molar refractivity (Wildman–Crippen MR) is 53.6 cm³/mol. The molecule has 14 heavy (non-hydrogen) atoms. The summed E-state index contributed by atoms with van der Waals surface area (Å²) in [5.41, 5.74) is 0.680. The van der Waals surface area contributed by atoms with E-state index in [0.717, 1.165) is 12.8 Å². The highest BCUT2D eigenvalue weighted by atomic mass is 19.1. The minimum atomic E-state index is -0.182. The SMILES string of the molecule is OCC(c1ccccc1F)C1CCC1. The molecular formula is C12H15FO. The van der Waals surface area contributed by atoms with Crippen LogP contribution in [0.25, 0.3) is 0 Å². The Kier molecular flexibility index (Phi) is 2.82. The van der Waals surface area contributed by atoms with E-state index in [1.54, 1.807) is 12.1 Å². The van der Waals surface area contributed by atoms with Crippen LogP contribution in [0, 0.1) is 11.7 Å². The van der Waals surface area contributed by atoms with E-state index in [1.165, 1.54) is 12.5 Å². The fourth-order valence-corrected chi connectivity index (χ4v) is 2.12. The Labute approximate surface area is 83.6 Å². The maximum atomic E-state index is 13.4. The van der Waals surface area contributed by atoms with Crippen LogP contribution in [0.4, 0.5) is 4.39 Å². The van der Waals surface area contributed by atoms with E-state index in [4.69, 9.17) is 0 Å². The maximum Gasteiger partial charge on any atom is 0.126 e. The molecule has 1 fully saturated rings. The molecule has 76 valence electrons. The molecule has 1 atom stereocenters. The van der Waals surface area contributed by atoms with Crippen molar-refractivity contribution in [1.29, 1.82) is 0 Å². The smallest absolute Gasteiger partial charge is 0.126 e. The van der Waals surface area contributed by atoms with E-state index in [1.807, 2.05) is 6.07 Å². The highest BCUT2D eigenvalue weighted by Crippen LogP contribution is 2.39. The van der Waals surface area contributed by atoms with Crippen LogP contribution in [0.2, 0.25) is 0 Å². The largest absolute Gasteiger partial charge is 0.396 e. The van der Waals surface area contributed by atoms with Gasteiger partial charge in [0.25, 0.3) is 0 Å². The van der Waals surface area contributed by atoms with E-state index in [9.17, 15) is 9.50 Å². The zero-order chi connectivity index (χ0) is 9.97. The first kappa shape index (κ1) is 9.66. The van der Waals surface area contributed by atoms with Gasteiger partial charge in [-0.05, 0) is 30.4 Å². The highest BCUT2D eigenvalue weighted by Gasteiger charge is 2.29. The van der Waals surface area contributed by atoms with Crippen LogP contribution >= 0.6 is 0 Å². The molecule has 1 nitrogen and oxygen atoms in total. The number of benzene rings is 1. The molecule has 0 spiro atoms. The summed E-state index contributed by atoms with van der Waals surface area (Å²) >= 11 is 0. The zero-order valence-corrected chi connectivity index (χ0v) is 8.12. The molecule has 1 aromatic rings. The van der Waals surface area contributed by atoms with Gasteiger partial charge in [-0.2, -0.15) is 0 Å². The van der Waals surface area contributed by atoms with Crippen molar-refractivity contribution in [2.75, 3.05) is 6.61 Å². The molecule has 2 heteroatoms. The summed E-state index contributed by atoms with van der Waals surface area (Å²) in [5.74, 6) is 0.306. The van der Waals surface area contributed by atoms with Crippen molar-refractivity contribution >= 4 is 0 Å². The number of hydrogen-bond donors (Lipinski definition) is 1.